The summed E-state index contributed by atoms with van der Waals surface area (Å²) in [4.78, 5) is 24.5. The van der Waals surface area contributed by atoms with E-state index in [9.17, 15) is 9.59 Å². The molecule has 1 aromatic carbocycles. The number of aromatic nitrogens is 2. The van der Waals surface area contributed by atoms with Gasteiger partial charge in [-0.05, 0) is 29.5 Å². The molecule has 0 atom stereocenters. The van der Waals surface area contributed by atoms with Crippen molar-refractivity contribution in [2.75, 3.05) is 11.9 Å². The number of benzene rings is 1. The third-order valence-corrected chi connectivity index (χ3v) is 5.20. The van der Waals surface area contributed by atoms with E-state index < -0.39 is 6.03 Å². The van der Waals surface area contributed by atoms with Crippen LogP contribution >= 0.6 is 0 Å². The van der Waals surface area contributed by atoms with Crippen LogP contribution in [0.2, 0.25) is 0 Å². The topological polar surface area (TPSA) is 107 Å². The van der Waals surface area contributed by atoms with Crippen LogP contribution in [-0.2, 0) is 18.5 Å². The lowest BCUT2D eigenvalue weighted by Gasteiger charge is -2.29. The summed E-state index contributed by atoms with van der Waals surface area (Å²) in [5.74, 6) is 0.281. The summed E-state index contributed by atoms with van der Waals surface area (Å²) in [6.45, 7) is 10.0. The fraction of sp³-hybridized carbons (Fsp3) is 0.476. The van der Waals surface area contributed by atoms with Gasteiger partial charge in [0, 0.05) is 24.2 Å². The molecule has 1 aliphatic rings. The van der Waals surface area contributed by atoms with Gasteiger partial charge in [0.15, 0.2) is 5.82 Å². The first kappa shape index (κ1) is 20.9. The monoisotopic (exact) mass is 398 g/mol. The molecule has 2 aromatic rings. The van der Waals surface area contributed by atoms with Crippen LogP contribution in [-0.4, -0.2) is 38.7 Å². The average Bonchev–Trinajstić information content (AvgIpc) is 3.23. The summed E-state index contributed by atoms with van der Waals surface area (Å²) >= 11 is 0. The highest BCUT2D eigenvalue weighted by Gasteiger charge is 2.31. The number of carbonyl (C=O) groups is 2. The van der Waals surface area contributed by atoms with Crippen LogP contribution in [0.4, 0.5) is 10.6 Å². The van der Waals surface area contributed by atoms with Crippen LogP contribution in [0.15, 0.2) is 24.3 Å². The van der Waals surface area contributed by atoms with Crippen molar-refractivity contribution in [2.24, 2.45) is 5.73 Å². The summed E-state index contributed by atoms with van der Waals surface area (Å²) in [7, 11) is 0. The first-order chi connectivity index (χ1) is 13.7. The lowest BCUT2D eigenvalue weighted by atomic mass is 9.87. The van der Waals surface area contributed by atoms with E-state index in [1.807, 2.05) is 29.3 Å². The van der Waals surface area contributed by atoms with Crippen molar-refractivity contribution < 1.29 is 9.59 Å². The molecule has 0 radical (unpaired) electrons. The highest BCUT2D eigenvalue weighted by Crippen LogP contribution is 2.29. The maximum Gasteiger partial charge on any atom is 0.329 e. The molecule has 0 unspecified atom stereocenters. The van der Waals surface area contributed by atoms with Crippen molar-refractivity contribution in [3.05, 3.63) is 46.6 Å². The van der Waals surface area contributed by atoms with E-state index in [1.165, 1.54) is 5.56 Å². The molecule has 8 heteroatoms. The number of H-pyrrole nitrogens is 1. The minimum atomic E-state index is -0.471. The van der Waals surface area contributed by atoms with Gasteiger partial charge in [0.25, 0.3) is 5.91 Å². The molecule has 0 bridgehead atoms. The fourth-order valence-corrected chi connectivity index (χ4v) is 3.40. The minimum absolute atomic E-state index is 0.0333. The Morgan fingerprint density at radius 1 is 1.24 bits per heavy atom. The molecule has 29 heavy (non-hydrogen) atoms. The van der Waals surface area contributed by atoms with Gasteiger partial charge in [0.1, 0.15) is 0 Å². The Morgan fingerprint density at radius 3 is 2.52 bits per heavy atom. The highest BCUT2D eigenvalue weighted by molar-refractivity contribution is 6.04. The van der Waals surface area contributed by atoms with Gasteiger partial charge in [-0.3, -0.25) is 14.9 Å². The third-order valence-electron chi connectivity index (χ3n) is 5.20. The first-order valence-corrected chi connectivity index (χ1v) is 10.0. The normalized spacial score (nSPS) is 13.9. The first-order valence-electron chi connectivity index (χ1n) is 10.0. The molecular formula is C21H30N6O2. The van der Waals surface area contributed by atoms with Gasteiger partial charge in [-0.2, -0.15) is 5.10 Å². The van der Waals surface area contributed by atoms with Crippen molar-refractivity contribution in [1.29, 1.82) is 0 Å². The number of hydrazine groups is 1. The molecule has 4 N–H and O–H groups in total. The van der Waals surface area contributed by atoms with Crippen LogP contribution < -0.4 is 11.1 Å². The van der Waals surface area contributed by atoms with Gasteiger partial charge in [0.05, 0.1) is 12.2 Å². The number of hydrogen-bond acceptors (Lipinski definition) is 4. The molecular weight excluding hydrogens is 368 g/mol. The maximum atomic E-state index is 12.7. The van der Waals surface area contributed by atoms with Crippen LogP contribution in [0, 0.1) is 0 Å². The maximum absolute atomic E-state index is 12.7. The molecule has 0 aliphatic carbocycles. The molecule has 0 spiro atoms. The number of nitrogens with two attached hydrogens (primary N) is 1. The summed E-state index contributed by atoms with van der Waals surface area (Å²) in [5, 5.41) is 13.5. The van der Waals surface area contributed by atoms with E-state index >= 15 is 0 Å². The smallest absolute Gasteiger partial charge is 0.329 e. The van der Waals surface area contributed by atoms with Crippen molar-refractivity contribution in [3.8, 4) is 0 Å². The van der Waals surface area contributed by atoms with Gasteiger partial charge in [-0.15, -0.1) is 0 Å². The van der Waals surface area contributed by atoms with E-state index in [4.69, 9.17) is 5.73 Å². The second kappa shape index (κ2) is 8.24. The summed E-state index contributed by atoms with van der Waals surface area (Å²) in [5.41, 5.74) is 9.09. The number of carbonyl (C=O) groups excluding carboxylic acids is 2. The number of anilines is 1. The van der Waals surface area contributed by atoms with Gasteiger partial charge in [-0.25, -0.2) is 9.80 Å². The van der Waals surface area contributed by atoms with Crippen molar-refractivity contribution in [2.45, 2.75) is 59.0 Å². The van der Waals surface area contributed by atoms with Gasteiger partial charge >= 0.3 is 6.03 Å². The Labute approximate surface area is 171 Å². The van der Waals surface area contributed by atoms with Crippen LogP contribution in [0.3, 0.4) is 0 Å². The number of nitrogens with zero attached hydrogens (tertiary/aromatic N) is 3. The lowest BCUT2D eigenvalue weighted by Crippen LogP contribution is -2.47. The van der Waals surface area contributed by atoms with Crippen LogP contribution in [0.5, 0.6) is 0 Å². The molecule has 0 saturated carbocycles. The number of unbranched alkanes of at least 4 members (excludes halogenated alkanes) is 1. The van der Waals surface area contributed by atoms with Gasteiger partial charge in [-0.1, -0.05) is 46.2 Å². The zero-order valence-corrected chi connectivity index (χ0v) is 17.6. The molecule has 1 aromatic heterocycles. The Bertz CT molecular complexity index is 882. The number of hydrogen-bond donors (Lipinski definition) is 3. The zero-order chi connectivity index (χ0) is 21.2. The largest absolute Gasteiger partial charge is 0.350 e. The number of amides is 3. The quantitative estimate of drug-likeness (QED) is 0.693. The molecule has 2 heterocycles. The van der Waals surface area contributed by atoms with Crippen LogP contribution in [0.1, 0.15) is 67.7 Å². The SMILES string of the molecule is CCCCN(C(N)=O)N1Cc2[nH]nc(NC(=O)c3ccc(C(C)(C)C)cc3)c2C1. The van der Waals surface area contributed by atoms with Crippen LogP contribution in [0.25, 0.3) is 0 Å². The second-order valence-electron chi connectivity index (χ2n) is 8.45. The van der Waals surface area contributed by atoms with E-state index in [2.05, 4.69) is 43.2 Å². The van der Waals surface area contributed by atoms with E-state index in [-0.39, 0.29) is 11.3 Å². The summed E-state index contributed by atoms with van der Waals surface area (Å²) in [6.07, 6.45) is 1.85. The standard InChI is InChI=1S/C21H30N6O2/c1-5-6-11-27(20(22)29)26-12-16-17(13-26)24-25-18(16)23-19(28)14-7-9-15(10-8-14)21(2,3)4/h7-10H,5-6,11-13H2,1-4H3,(H2,22,29)(H2,23,24,25,28). The second-order valence-corrected chi connectivity index (χ2v) is 8.45. The Morgan fingerprint density at radius 2 is 1.93 bits per heavy atom. The molecule has 8 nitrogen and oxygen atoms in total. The Balaban J connectivity index is 1.70. The lowest BCUT2D eigenvalue weighted by molar-refractivity contribution is 0.0114. The molecule has 0 saturated heterocycles. The predicted octanol–water partition coefficient (Wildman–Crippen LogP) is 3.37. The van der Waals surface area contributed by atoms with E-state index in [0.29, 0.717) is 31.0 Å². The zero-order valence-electron chi connectivity index (χ0n) is 17.6. The molecule has 156 valence electrons. The van der Waals surface area contributed by atoms with E-state index in [1.54, 1.807) is 5.01 Å². The number of aromatic amines is 1. The average molecular weight is 399 g/mol. The Kier molecular flexibility index (Phi) is 5.93. The van der Waals surface area contributed by atoms with Crippen molar-refractivity contribution >= 4 is 17.8 Å². The third kappa shape index (κ3) is 4.59. The minimum Gasteiger partial charge on any atom is -0.350 e. The molecule has 1 aliphatic heterocycles. The summed E-state index contributed by atoms with van der Waals surface area (Å²) in [6, 6.07) is 7.14. The summed E-state index contributed by atoms with van der Waals surface area (Å²) < 4.78 is 0. The van der Waals surface area contributed by atoms with Gasteiger partial charge in [0.2, 0.25) is 0 Å². The Hall–Kier alpha value is -2.87. The van der Waals surface area contributed by atoms with E-state index in [0.717, 1.165) is 24.1 Å². The molecule has 0 fully saturated rings. The number of fused-ring (bicyclic) bond motifs is 1. The number of primary amides is 1. The predicted molar refractivity (Wildman–Crippen MR) is 112 cm³/mol. The fourth-order valence-electron chi connectivity index (χ4n) is 3.40. The number of nitrogens with one attached hydrogen (secondary N) is 2. The number of rotatable bonds is 6. The van der Waals surface area contributed by atoms with Gasteiger partial charge < -0.3 is 11.1 Å². The molecule has 3 amide bonds. The van der Waals surface area contributed by atoms with Crippen molar-refractivity contribution in [1.82, 2.24) is 20.2 Å². The molecule has 3 rings (SSSR count). The van der Waals surface area contributed by atoms with Crippen molar-refractivity contribution in [3.63, 3.8) is 0 Å². The number of urea groups is 1. The highest BCUT2D eigenvalue weighted by atomic mass is 16.2.